The maximum absolute atomic E-state index is 13.1. The van der Waals surface area contributed by atoms with Gasteiger partial charge in [0.05, 0.1) is 10.9 Å². The fourth-order valence-electron chi connectivity index (χ4n) is 3.28. The first kappa shape index (κ1) is 16.8. The van der Waals surface area contributed by atoms with E-state index < -0.39 is 0 Å². The van der Waals surface area contributed by atoms with Crippen LogP contribution in [0, 0.1) is 0 Å². The molecule has 4 nitrogen and oxygen atoms in total. The van der Waals surface area contributed by atoms with Crippen molar-refractivity contribution in [1.29, 1.82) is 0 Å². The summed E-state index contributed by atoms with van der Waals surface area (Å²) in [6, 6.07) is 19.4. The first-order valence-electron chi connectivity index (χ1n) is 8.57. The Morgan fingerprint density at radius 1 is 1.00 bits per heavy atom. The molecule has 0 unspecified atom stereocenters. The number of nitrogens with two attached hydrogens (primary N) is 1. The van der Waals surface area contributed by atoms with Crippen LogP contribution in [0.2, 0.25) is 5.02 Å². The fourth-order valence-corrected chi connectivity index (χ4v) is 3.45. The Morgan fingerprint density at radius 2 is 1.81 bits per heavy atom. The molecule has 4 aromatic rings. The van der Waals surface area contributed by atoms with Gasteiger partial charge < -0.3 is 5.73 Å². The van der Waals surface area contributed by atoms with Gasteiger partial charge in [-0.05, 0) is 41.9 Å². The predicted octanol–water partition coefficient (Wildman–Crippen LogP) is 4.22. The molecule has 0 saturated carbocycles. The van der Waals surface area contributed by atoms with Crippen LogP contribution in [-0.2, 0) is 6.54 Å². The summed E-state index contributed by atoms with van der Waals surface area (Å²) >= 11 is 6.09. The van der Waals surface area contributed by atoms with E-state index in [-0.39, 0.29) is 5.56 Å². The quantitative estimate of drug-likeness (QED) is 0.590. The van der Waals surface area contributed by atoms with Crippen LogP contribution in [0.3, 0.4) is 0 Å². The molecule has 0 aliphatic heterocycles. The van der Waals surface area contributed by atoms with Crippen molar-refractivity contribution >= 4 is 33.3 Å². The summed E-state index contributed by atoms with van der Waals surface area (Å²) in [5.41, 5.74) is 7.18. The van der Waals surface area contributed by atoms with Crippen LogP contribution in [0.4, 0.5) is 0 Å². The molecule has 0 aliphatic carbocycles. The zero-order valence-corrected chi connectivity index (χ0v) is 14.9. The van der Waals surface area contributed by atoms with Gasteiger partial charge in [0.1, 0.15) is 5.82 Å². The molecule has 0 fully saturated rings. The molecule has 0 spiro atoms. The number of nitrogens with zero attached hydrogens (tertiary/aromatic N) is 2. The summed E-state index contributed by atoms with van der Waals surface area (Å²) < 4.78 is 1.72. The predicted molar refractivity (Wildman–Crippen MR) is 108 cm³/mol. The standard InChI is InChI=1S/C21H18ClN3O/c22-15-9-10-19-18(13-15)21(26)25(12-4-11-23)20(24-19)17-8-3-6-14-5-1-2-7-16(14)17/h1-3,5-10,13H,4,11-12,23H2. The third kappa shape index (κ3) is 2.87. The Balaban J connectivity index is 2.07. The number of halogens is 1. The molecule has 130 valence electrons. The van der Waals surface area contributed by atoms with E-state index in [4.69, 9.17) is 22.3 Å². The van der Waals surface area contributed by atoms with E-state index in [2.05, 4.69) is 18.2 Å². The van der Waals surface area contributed by atoms with Gasteiger partial charge in [-0.3, -0.25) is 9.36 Å². The minimum atomic E-state index is -0.0890. The highest BCUT2D eigenvalue weighted by atomic mass is 35.5. The average Bonchev–Trinajstić information content (AvgIpc) is 2.67. The van der Waals surface area contributed by atoms with Gasteiger partial charge in [-0.25, -0.2) is 4.98 Å². The summed E-state index contributed by atoms with van der Waals surface area (Å²) in [7, 11) is 0. The molecule has 3 aromatic carbocycles. The smallest absolute Gasteiger partial charge is 0.261 e. The van der Waals surface area contributed by atoms with Crippen LogP contribution in [-0.4, -0.2) is 16.1 Å². The molecular weight excluding hydrogens is 346 g/mol. The van der Waals surface area contributed by atoms with Gasteiger partial charge in [0.2, 0.25) is 0 Å². The van der Waals surface area contributed by atoms with Crippen molar-refractivity contribution in [3.05, 3.63) is 76.0 Å². The maximum Gasteiger partial charge on any atom is 0.261 e. The minimum absolute atomic E-state index is 0.0890. The van der Waals surface area contributed by atoms with Crippen molar-refractivity contribution in [2.75, 3.05) is 6.54 Å². The van der Waals surface area contributed by atoms with Crippen LogP contribution in [0.1, 0.15) is 6.42 Å². The van der Waals surface area contributed by atoms with Crippen LogP contribution in [0.25, 0.3) is 33.1 Å². The van der Waals surface area contributed by atoms with E-state index >= 15 is 0 Å². The number of rotatable bonds is 4. The Hall–Kier alpha value is -2.69. The zero-order chi connectivity index (χ0) is 18.1. The largest absolute Gasteiger partial charge is 0.330 e. The highest BCUT2D eigenvalue weighted by Gasteiger charge is 2.15. The SMILES string of the molecule is NCCCn1c(-c2cccc3ccccc23)nc2ccc(Cl)cc2c1=O. The van der Waals surface area contributed by atoms with Crippen LogP contribution < -0.4 is 11.3 Å². The molecule has 1 aromatic heterocycles. The molecule has 0 atom stereocenters. The second-order valence-electron chi connectivity index (χ2n) is 6.22. The maximum atomic E-state index is 13.1. The van der Waals surface area contributed by atoms with E-state index in [1.54, 1.807) is 22.8 Å². The molecule has 1 heterocycles. The Bertz CT molecular complexity index is 1160. The first-order chi connectivity index (χ1) is 12.7. The lowest BCUT2D eigenvalue weighted by Gasteiger charge is -2.15. The summed E-state index contributed by atoms with van der Waals surface area (Å²) in [6.45, 7) is 1.03. The number of aromatic nitrogens is 2. The zero-order valence-electron chi connectivity index (χ0n) is 14.2. The van der Waals surface area contributed by atoms with Crippen LogP contribution >= 0.6 is 11.6 Å². The highest BCUT2D eigenvalue weighted by Crippen LogP contribution is 2.28. The molecular formula is C21H18ClN3O. The van der Waals surface area contributed by atoms with E-state index in [0.717, 1.165) is 16.3 Å². The number of fused-ring (bicyclic) bond motifs is 2. The van der Waals surface area contributed by atoms with Crippen molar-refractivity contribution < 1.29 is 0 Å². The first-order valence-corrected chi connectivity index (χ1v) is 8.95. The number of benzene rings is 3. The van der Waals surface area contributed by atoms with E-state index in [9.17, 15) is 4.79 Å². The van der Waals surface area contributed by atoms with Crippen LogP contribution in [0.5, 0.6) is 0 Å². The van der Waals surface area contributed by atoms with Gasteiger partial charge in [-0.15, -0.1) is 0 Å². The van der Waals surface area contributed by atoms with Crippen molar-refractivity contribution in [1.82, 2.24) is 9.55 Å². The van der Waals surface area contributed by atoms with Crippen molar-refractivity contribution in [2.24, 2.45) is 5.73 Å². The Labute approximate surface area is 155 Å². The summed E-state index contributed by atoms with van der Waals surface area (Å²) in [5, 5.41) is 3.23. The molecule has 26 heavy (non-hydrogen) atoms. The van der Waals surface area contributed by atoms with E-state index in [1.807, 2.05) is 24.3 Å². The lowest BCUT2D eigenvalue weighted by Crippen LogP contribution is -2.24. The summed E-state index contributed by atoms with van der Waals surface area (Å²) in [6.07, 6.45) is 0.700. The van der Waals surface area contributed by atoms with Gasteiger partial charge in [-0.1, -0.05) is 54.1 Å². The van der Waals surface area contributed by atoms with Crippen molar-refractivity contribution in [2.45, 2.75) is 13.0 Å². The van der Waals surface area contributed by atoms with Gasteiger partial charge in [0.25, 0.3) is 5.56 Å². The molecule has 5 heteroatoms. The minimum Gasteiger partial charge on any atom is -0.330 e. The molecule has 2 N–H and O–H groups in total. The van der Waals surface area contributed by atoms with Gasteiger partial charge >= 0.3 is 0 Å². The molecule has 0 amide bonds. The van der Waals surface area contributed by atoms with Crippen LogP contribution in [0.15, 0.2) is 65.5 Å². The molecule has 0 bridgehead atoms. The fraction of sp³-hybridized carbons (Fsp3) is 0.143. The Kier molecular flexibility index (Phi) is 4.45. The third-order valence-corrected chi connectivity index (χ3v) is 4.77. The van der Waals surface area contributed by atoms with Gasteiger partial charge in [-0.2, -0.15) is 0 Å². The third-order valence-electron chi connectivity index (χ3n) is 4.53. The van der Waals surface area contributed by atoms with E-state index in [1.165, 1.54) is 0 Å². The second-order valence-corrected chi connectivity index (χ2v) is 6.66. The molecule has 0 aliphatic rings. The molecule has 0 saturated heterocycles. The lowest BCUT2D eigenvalue weighted by atomic mass is 10.0. The van der Waals surface area contributed by atoms with Crippen molar-refractivity contribution in [3.63, 3.8) is 0 Å². The molecule has 4 rings (SSSR count). The summed E-state index contributed by atoms with van der Waals surface area (Å²) in [4.78, 5) is 18.0. The van der Waals surface area contributed by atoms with Crippen molar-refractivity contribution in [3.8, 4) is 11.4 Å². The number of hydrogen-bond donors (Lipinski definition) is 1. The van der Waals surface area contributed by atoms with Gasteiger partial charge in [0, 0.05) is 17.1 Å². The second kappa shape index (κ2) is 6.90. The van der Waals surface area contributed by atoms with E-state index in [0.29, 0.717) is 41.3 Å². The molecule has 0 radical (unpaired) electrons. The van der Waals surface area contributed by atoms with Gasteiger partial charge in [0.15, 0.2) is 0 Å². The summed E-state index contributed by atoms with van der Waals surface area (Å²) in [5.74, 6) is 0.662. The topological polar surface area (TPSA) is 60.9 Å². The lowest BCUT2D eigenvalue weighted by molar-refractivity contribution is 0.632. The average molecular weight is 364 g/mol. The highest BCUT2D eigenvalue weighted by molar-refractivity contribution is 6.31. The number of hydrogen-bond acceptors (Lipinski definition) is 3. The Morgan fingerprint density at radius 3 is 2.65 bits per heavy atom. The normalized spacial score (nSPS) is 11.3. The monoisotopic (exact) mass is 363 g/mol.